The Morgan fingerprint density at radius 2 is 1.86 bits per heavy atom. The number of hydrogen-bond donors (Lipinski definition) is 1. The molecule has 1 fully saturated rings. The van der Waals surface area contributed by atoms with Crippen molar-refractivity contribution >= 4 is 11.6 Å². The Balaban J connectivity index is 1.55. The van der Waals surface area contributed by atoms with E-state index in [0.717, 1.165) is 24.6 Å². The minimum Gasteiger partial charge on any atom is -0.497 e. The molecule has 3 atom stereocenters. The Morgan fingerprint density at radius 3 is 2.55 bits per heavy atom. The van der Waals surface area contributed by atoms with Crippen molar-refractivity contribution in [3.05, 3.63) is 54.1 Å². The molecule has 1 aliphatic heterocycles. The van der Waals surface area contributed by atoms with E-state index in [0.29, 0.717) is 11.5 Å². The number of hydrogen-bond acceptors (Lipinski definition) is 4. The molecule has 0 aromatic heterocycles. The second kappa shape index (κ2) is 9.68. The Morgan fingerprint density at radius 1 is 1.14 bits per heavy atom. The zero-order valence-corrected chi connectivity index (χ0v) is 17.9. The number of anilines is 1. The van der Waals surface area contributed by atoms with Gasteiger partial charge in [-0.15, -0.1) is 0 Å². The molecule has 0 spiro atoms. The Labute approximate surface area is 174 Å². The highest BCUT2D eigenvalue weighted by Crippen LogP contribution is 2.25. The maximum atomic E-state index is 12.6. The maximum absolute atomic E-state index is 12.6. The van der Waals surface area contributed by atoms with Crippen molar-refractivity contribution in [1.29, 1.82) is 0 Å². The number of carbonyl (C=O) groups excluding carboxylic acids is 1. The van der Waals surface area contributed by atoms with Crippen LogP contribution in [0.1, 0.15) is 45.2 Å². The third kappa shape index (κ3) is 5.66. The average Bonchev–Trinajstić information content (AvgIpc) is 2.74. The van der Waals surface area contributed by atoms with Gasteiger partial charge in [0.2, 0.25) is 0 Å². The first-order valence-electron chi connectivity index (χ1n) is 10.4. The summed E-state index contributed by atoms with van der Waals surface area (Å²) >= 11 is 0. The molecule has 156 valence electrons. The number of amides is 1. The summed E-state index contributed by atoms with van der Waals surface area (Å²) in [5.74, 6) is 1.91. The van der Waals surface area contributed by atoms with Gasteiger partial charge >= 0.3 is 0 Å². The summed E-state index contributed by atoms with van der Waals surface area (Å²) in [5, 5.41) is 3.04. The first-order valence-corrected chi connectivity index (χ1v) is 10.4. The van der Waals surface area contributed by atoms with Crippen LogP contribution in [0.15, 0.2) is 48.5 Å². The number of piperidine rings is 1. The summed E-state index contributed by atoms with van der Waals surface area (Å²) in [6.45, 7) is 8.29. The summed E-state index contributed by atoms with van der Waals surface area (Å²) in [4.78, 5) is 15.0. The summed E-state index contributed by atoms with van der Waals surface area (Å²) in [7, 11) is 1.61. The second-order valence-corrected chi connectivity index (χ2v) is 7.95. The SMILES string of the molecule is COc1cccc(O[C@@H](C)C(=O)N[C@H](C)c2ccc(N3CCC[C@@H](C)C3)cc2)c1. The van der Waals surface area contributed by atoms with Gasteiger partial charge in [-0.25, -0.2) is 0 Å². The Kier molecular flexibility index (Phi) is 7.02. The fourth-order valence-corrected chi connectivity index (χ4v) is 3.74. The van der Waals surface area contributed by atoms with Crippen LogP contribution in [0.25, 0.3) is 0 Å². The number of ether oxygens (including phenoxy) is 2. The van der Waals surface area contributed by atoms with Gasteiger partial charge in [0.15, 0.2) is 6.10 Å². The molecule has 1 saturated heterocycles. The molecule has 0 aliphatic carbocycles. The maximum Gasteiger partial charge on any atom is 0.261 e. The third-order valence-corrected chi connectivity index (χ3v) is 5.50. The van der Waals surface area contributed by atoms with Crippen molar-refractivity contribution in [3.63, 3.8) is 0 Å². The van der Waals surface area contributed by atoms with Gasteiger partial charge in [-0.05, 0) is 62.4 Å². The van der Waals surface area contributed by atoms with E-state index in [1.807, 2.05) is 25.1 Å². The van der Waals surface area contributed by atoms with Crippen molar-refractivity contribution in [2.24, 2.45) is 5.92 Å². The van der Waals surface area contributed by atoms with Gasteiger partial charge in [0, 0.05) is 24.8 Å². The van der Waals surface area contributed by atoms with Crippen molar-refractivity contribution in [2.45, 2.75) is 45.8 Å². The molecule has 0 unspecified atom stereocenters. The number of carbonyl (C=O) groups is 1. The quantitative estimate of drug-likeness (QED) is 0.744. The standard InChI is InChI=1S/C24H32N2O3/c1-17-7-6-14-26(16-17)21-12-10-20(11-13-21)18(2)25-24(27)19(3)29-23-9-5-8-22(15-23)28-4/h5,8-13,15,17-19H,6-7,14,16H2,1-4H3,(H,25,27)/t17-,18-,19+/m1/s1. The third-order valence-electron chi connectivity index (χ3n) is 5.50. The predicted molar refractivity (Wildman–Crippen MR) is 117 cm³/mol. The van der Waals surface area contributed by atoms with Crippen LogP contribution in [0, 0.1) is 5.92 Å². The van der Waals surface area contributed by atoms with Crippen LogP contribution in [0.2, 0.25) is 0 Å². The fourth-order valence-electron chi connectivity index (χ4n) is 3.74. The van der Waals surface area contributed by atoms with Gasteiger partial charge in [0.25, 0.3) is 5.91 Å². The molecule has 29 heavy (non-hydrogen) atoms. The number of methoxy groups -OCH3 is 1. The summed E-state index contributed by atoms with van der Waals surface area (Å²) in [5.41, 5.74) is 2.34. The lowest BCUT2D eigenvalue weighted by Gasteiger charge is -2.33. The van der Waals surface area contributed by atoms with Crippen molar-refractivity contribution in [1.82, 2.24) is 5.32 Å². The van der Waals surface area contributed by atoms with Crippen LogP contribution >= 0.6 is 0 Å². The number of rotatable bonds is 7. The largest absolute Gasteiger partial charge is 0.497 e. The lowest BCUT2D eigenvalue weighted by atomic mass is 9.99. The van der Waals surface area contributed by atoms with Gasteiger partial charge in [-0.2, -0.15) is 0 Å². The second-order valence-electron chi connectivity index (χ2n) is 7.95. The average molecular weight is 397 g/mol. The zero-order chi connectivity index (χ0) is 20.8. The van der Waals surface area contributed by atoms with E-state index < -0.39 is 6.10 Å². The Bertz CT molecular complexity index is 806. The summed E-state index contributed by atoms with van der Waals surface area (Å²) in [6.07, 6.45) is 1.97. The molecule has 5 nitrogen and oxygen atoms in total. The molecule has 0 radical (unpaired) electrons. The summed E-state index contributed by atoms with van der Waals surface area (Å²) < 4.78 is 11.0. The van der Waals surface area contributed by atoms with E-state index in [9.17, 15) is 4.79 Å². The minimum absolute atomic E-state index is 0.0896. The van der Waals surface area contributed by atoms with E-state index >= 15 is 0 Å². The van der Waals surface area contributed by atoms with Crippen LogP contribution in [-0.4, -0.2) is 32.2 Å². The first kappa shape index (κ1) is 21.0. The van der Waals surface area contributed by atoms with E-state index in [1.54, 1.807) is 20.1 Å². The van der Waals surface area contributed by atoms with Crippen LogP contribution in [0.4, 0.5) is 5.69 Å². The smallest absolute Gasteiger partial charge is 0.261 e. The van der Waals surface area contributed by atoms with Gasteiger partial charge < -0.3 is 19.7 Å². The van der Waals surface area contributed by atoms with Crippen molar-refractivity contribution < 1.29 is 14.3 Å². The molecule has 3 rings (SSSR count). The van der Waals surface area contributed by atoms with Gasteiger partial charge in [-0.1, -0.05) is 25.1 Å². The molecule has 2 aromatic carbocycles. The Hall–Kier alpha value is -2.69. The number of nitrogens with zero attached hydrogens (tertiary/aromatic N) is 1. The topological polar surface area (TPSA) is 50.8 Å². The molecular formula is C24H32N2O3. The first-order chi connectivity index (χ1) is 14.0. The van der Waals surface area contributed by atoms with Crippen LogP contribution in [0.5, 0.6) is 11.5 Å². The van der Waals surface area contributed by atoms with Crippen molar-refractivity contribution in [3.8, 4) is 11.5 Å². The van der Waals surface area contributed by atoms with E-state index in [1.165, 1.54) is 18.5 Å². The molecule has 1 heterocycles. The van der Waals surface area contributed by atoms with Crippen LogP contribution in [0.3, 0.4) is 0 Å². The highest BCUT2D eigenvalue weighted by Gasteiger charge is 2.19. The highest BCUT2D eigenvalue weighted by atomic mass is 16.5. The molecule has 1 amide bonds. The highest BCUT2D eigenvalue weighted by molar-refractivity contribution is 5.81. The van der Waals surface area contributed by atoms with Crippen LogP contribution < -0.4 is 19.7 Å². The minimum atomic E-state index is -0.598. The molecule has 5 heteroatoms. The van der Waals surface area contributed by atoms with Gasteiger partial charge in [-0.3, -0.25) is 4.79 Å². The molecule has 2 aromatic rings. The fraction of sp³-hybridized carbons (Fsp3) is 0.458. The molecule has 0 saturated carbocycles. The predicted octanol–water partition coefficient (Wildman–Crippen LogP) is 4.58. The number of nitrogens with one attached hydrogen (secondary N) is 1. The van der Waals surface area contributed by atoms with Gasteiger partial charge in [0.05, 0.1) is 13.2 Å². The molecule has 0 bridgehead atoms. The van der Waals surface area contributed by atoms with E-state index in [4.69, 9.17) is 9.47 Å². The molecule has 1 N–H and O–H groups in total. The lowest BCUT2D eigenvalue weighted by Crippen LogP contribution is -2.37. The molecule has 1 aliphatic rings. The van der Waals surface area contributed by atoms with E-state index in [2.05, 4.69) is 41.4 Å². The zero-order valence-electron chi connectivity index (χ0n) is 17.9. The number of benzene rings is 2. The lowest BCUT2D eigenvalue weighted by molar-refractivity contribution is -0.127. The van der Waals surface area contributed by atoms with Crippen molar-refractivity contribution in [2.75, 3.05) is 25.1 Å². The summed E-state index contributed by atoms with van der Waals surface area (Å²) in [6, 6.07) is 15.7. The normalized spacial score (nSPS) is 18.6. The monoisotopic (exact) mass is 396 g/mol. The van der Waals surface area contributed by atoms with E-state index in [-0.39, 0.29) is 11.9 Å². The van der Waals surface area contributed by atoms with Gasteiger partial charge in [0.1, 0.15) is 11.5 Å². The molecular weight excluding hydrogens is 364 g/mol. The van der Waals surface area contributed by atoms with Crippen LogP contribution in [-0.2, 0) is 4.79 Å².